The van der Waals surface area contributed by atoms with Gasteiger partial charge < -0.3 is 10.2 Å². The summed E-state index contributed by atoms with van der Waals surface area (Å²) < 4.78 is 18.7. The van der Waals surface area contributed by atoms with Gasteiger partial charge in [0.1, 0.15) is 11.3 Å². The van der Waals surface area contributed by atoms with E-state index in [1.54, 1.807) is 18.2 Å². The predicted octanol–water partition coefficient (Wildman–Crippen LogP) is 3.48. The van der Waals surface area contributed by atoms with Crippen LogP contribution in [-0.4, -0.2) is 9.19 Å². The lowest BCUT2D eigenvalue weighted by Crippen LogP contribution is -1.97. The molecule has 3 rings (SSSR count). The second-order valence-electron chi connectivity index (χ2n) is 4.26. The van der Waals surface area contributed by atoms with E-state index in [0.717, 1.165) is 14.9 Å². The molecule has 0 aliphatic heterocycles. The molecule has 1 heterocycles. The Morgan fingerprint density at radius 2 is 2.05 bits per heavy atom. The number of benzene rings is 2. The van der Waals surface area contributed by atoms with E-state index in [0.29, 0.717) is 17.2 Å². The standard InChI is InChI=1S/C14H11BrN2O2S/c15-10-3-1-2-4-13(10)20(18)8-14-17-11-6-5-9(16)7-12(11)19-14/h1-7H,8,16H2. The SMILES string of the molecule is Nc1ccc2nc(CS(=O)c3ccccc3Br)oc2c1. The van der Waals surface area contributed by atoms with Crippen molar-refractivity contribution in [3.05, 3.63) is 52.8 Å². The van der Waals surface area contributed by atoms with E-state index in [4.69, 9.17) is 10.2 Å². The van der Waals surface area contributed by atoms with Gasteiger partial charge in [-0.05, 0) is 40.2 Å². The maximum Gasteiger partial charge on any atom is 0.208 e. The van der Waals surface area contributed by atoms with E-state index >= 15 is 0 Å². The normalized spacial score (nSPS) is 12.7. The topological polar surface area (TPSA) is 69.1 Å². The van der Waals surface area contributed by atoms with Crippen LogP contribution in [0.1, 0.15) is 5.89 Å². The molecule has 2 N–H and O–H groups in total. The molecule has 4 nitrogen and oxygen atoms in total. The Hall–Kier alpha value is -1.66. The first-order valence-electron chi connectivity index (χ1n) is 5.91. The Morgan fingerprint density at radius 1 is 1.25 bits per heavy atom. The molecule has 0 aliphatic rings. The summed E-state index contributed by atoms with van der Waals surface area (Å²) in [6, 6.07) is 12.7. The molecule has 0 saturated carbocycles. The molecule has 6 heteroatoms. The van der Waals surface area contributed by atoms with Crippen molar-refractivity contribution in [2.75, 3.05) is 5.73 Å². The lowest BCUT2D eigenvalue weighted by Gasteiger charge is -2.01. The van der Waals surface area contributed by atoms with Crippen LogP contribution < -0.4 is 5.73 Å². The first kappa shape index (κ1) is 13.3. The van der Waals surface area contributed by atoms with E-state index in [-0.39, 0.29) is 5.75 Å². The number of rotatable bonds is 3. The van der Waals surface area contributed by atoms with Crippen molar-refractivity contribution >= 4 is 43.5 Å². The summed E-state index contributed by atoms with van der Waals surface area (Å²) in [5.74, 6) is 0.677. The molecule has 1 unspecified atom stereocenters. The molecule has 1 aromatic heterocycles. The number of nitrogen functional groups attached to an aromatic ring is 1. The summed E-state index contributed by atoms with van der Waals surface area (Å²) in [6.45, 7) is 0. The van der Waals surface area contributed by atoms with E-state index in [1.807, 2.05) is 24.3 Å². The molecule has 0 amide bonds. The molecule has 20 heavy (non-hydrogen) atoms. The van der Waals surface area contributed by atoms with Gasteiger partial charge in [0.25, 0.3) is 0 Å². The van der Waals surface area contributed by atoms with Crippen LogP contribution >= 0.6 is 15.9 Å². The van der Waals surface area contributed by atoms with Crippen molar-refractivity contribution in [1.29, 1.82) is 0 Å². The van der Waals surface area contributed by atoms with E-state index in [2.05, 4.69) is 20.9 Å². The van der Waals surface area contributed by atoms with Crippen LogP contribution in [0.15, 0.2) is 56.2 Å². The summed E-state index contributed by atoms with van der Waals surface area (Å²) >= 11 is 3.39. The molecule has 102 valence electrons. The van der Waals surface area contributed by atoms with Crippen molar-refractivity contribution in [3.63, 3.8) is 0 Å². The number of anilines is 1. The molecule has 0 saturated heterocycles. The number of oxazole rings is 1. The second kappa shape index (κ2) is 5.38. The summed E-state index contributed by atoms with van der Waals surface area (Å²) in [4.78, 5) is 5.05. The van der Waals surface area contributed by atoms with Gasteiger partial charge in [0.2, 0.25) is 5.89 Å². The molecule has 3 aromatic rings. The first-order chi connectivity index (χ1) is 9.63. The average Bonchev–Trinajstić information content (AvgIpc) is 2.80. The summed E-state index contributed by atoms with van der Waals surface area (Å²) in [6.07, 6.45) is 0. The van der Waals surface area contributed by atoms with Crippen LogP contribution in [0.25, 0.3) is 11.1 Å². The molecule has 2 aromatic carbocycles. The maximum absolute atomic E-state index is 12.3. The van der Waals surface area contributed by atoms with Gasteiger partial charge in [0.05, 0.1) is 15.7 Å². The van der Waals surface area contributed by atoms with Crippen LogP contribution in [0.3, 0.4) is 0 Å². The zero-order valence-electron chi connectivity index (χ0n) is 10.4. The summed E-state index contributed by atoms with van der Waals surface area (Å²) in [5, 5.41) is 0. The van der Waals surface area contributed by atoms with Crippen LogP contribution in [-0.2, 0) is 16.6 Å². The van der Waals surface area contributed by atoms with E-state index in [1.165, 1.54) is 0 Å². The fraction of sp³-hybridized carbons (Fsp3) is 0.0714. The minimum Gasteiger partial charge on any atom is -0.440 e. The zero-order valence-corrected chi connectivity index (χ0v) is 12.8. The monoisotopic (exact) mass is 350 g/mol. The van der Waals surface area contributed by atoms with Gasteiger partial charge in [-0.2, -0.15) is 0 Å². The lowest BCUT2D eigenvalue weighted by atomic mass is 10.3. The number of fused-ring (bicyclic) bond motifs is 1. The Kier molecular flexibility index (Phi) is 3.58. The minimum atomic E-state index is -1.21. The Morgan fingerprint density at radius 3 is 2.85 bits per heavy atom. The number of aromatic nitrogens is 1. The van der Waals surface area contributed by atoms with Gasteiger partial charge in [-0.15, -0.1) is 0 Å². The zero-order chi connectivity index (χ0) is 14.1. The first-order valence-corrected chi connectivity index (χ1v) is 8.02. The van der Waals surface area contributed by atoms with Gasteiger partial charge >= 0.3 is 0 Å². The van der Waals surface area contributed by atoms with Crippen molar-refractivity contribution in [1.82, 2.24) is 4.98 Å². The molecule has 1 atom stereocenters. The maximum atomic E-state index is 12.3. The van der Waals surface area contributed by atoms with Crippen LogP contribution in [0.5, 0.6) is 0 Å². The average molecular weight is 351 g/mol. The predicted molar refractivity (Wildman–Crippen MR) is 82.7 cm³/mol. The number of halogens is 1. The summed E-state index contributed by atoms with van der Waals surface area (Å²) in [5.41, 5.74) is 7.64. The van der Waals surface area contributed by atoms with Crippen LogP contribution in [0, 0.1) is 0 Å². The fourth-order valence-corrected chi connectivity index (χ4v) is 3.72. The number of nitrogens with zero attached hydrogens (tertiary/aromatic N) is 1. The molecule has 0 aliphatic carbocycles. The lowest BCUT2D eigenvalue weighted by molar-refractivity contribution is 0.552. The smallest absolute Gasteiger partial charge is 0.208 e. The van der Waals surface area contributed by atoms with Crippen molar-refractivity contribution in [2.24, 2.45) is 0 Å². The molecule has 0 spiro atoms. The van der Waals surface area contributed by atoms with Crippen LogP contribution in [0.4, 0.5) is 5.69 Å². The highest BCUT2D eigenvalue weighted by atomic mass is 79.9. The van der Waals surface area contributed by atoms with Gasteiger partial charge in [0, 0.05) is 16.2 Å². The third-order valence-electron chi connectivity index (χ3n) is 2.79. The molecule has 0 fully saturated rings. The Bertz CT molecular complexity index is 801. The van der Waals surface area contributed by atoms with Gasteiger partial charge in [-0.1, -0.05) is 12.1 Å². The Balaban J connectivity index is 1.89. The Labute approximate surface area is 126 Å². The number of hydrogen-bond acceptors (Lipinski definition) is 4. The van der Waals surface area contributed by atoms with E-state index < -0.39 is 10.8 Å². The minimum absolute atomic E-state index is 0.233. The highest BCUT2D eigenvalue weighted by molar-refractivity contribution is 9.10. The largest absolute Gasteiger partial charge is 0.440 e. The third-order valence-corrected chi connectivity index (χ3v) is 5.10. The summed E-state index contributed by atoms with van der Waals surface area (Å²) in [7, 11) is -1.21. The molecular weight excluding hydrogens is 340 g/mol. The van der Waals surface area contributed by atoms with Gasteiger partial charge in [-0.3, -0.25) is 4.21 Å². The highest BCUT2D eigenvalue weighted by Gasteiger charge is 2.13. The highest BCUT2D eigenvalue weighted by Crippen LogP contribution is 2.24. The third kappa shape index (κ3) is 2.62. The number of nitrogens with two attached hydrogens (primary N) is 1. The quantitative estimate of drug-likeness (QED) is 0.734. The molecule has 0 radical (unpaired) electrons. The number of hydrogen-bond donors (Lipinski definition) is 1. The van der Waals surface area contributed by atoms with Gasteiger partial charge in [0.15, 0.2) is 5.58 Å². The fourth-order valence-electron chi connectivity index (χ4n) is 1.87. The van der Waals surface area contributed by atoms with Crippen molar-refractivity contribution < 1.29 is 8.63 Å². The second-order valence-corrected chi connectivity index (χ2v) is 6.53. The van der Waals surface area contributed by atoms with E-state index in [9.17, 15) is 4.21 Å². The van der Waals surface area contributed by atoms with Crippen molar-refractivity contribution in [2.45, 2.75) is 10.6 Å². The van der Waals surface area contributed by atoms with Crippen LogP contribution in [0.2, 0.25) is 0 Å². The van der Waals surface area contributed by atoms with Gasteiger partial charge in [-0.25, -0.2) is 4.98 Å². The molecule has 0 bridgehead atoms. The van der Waals surface area contributed by atoms with Crippen molar-refractivity contribution in [3.8, 4) is 0 Å². The molecular formula is C14H11BrN2O2S.